The highest BCUT2D eigenvalue weighted by Crippen LogP contribution is 2.54. The molecule has 0 bridgehead atoms. The summed E-state index contributed by atoms with van der Waals surface area (Å²) in [5, 5.41) is 4.15. The predicted molar refractivity (Wildman–Crippen MR) is 96.6 cm³/mol. The summed E-state index contributed by atoms with van der Waals surface area (Å²) in [6.07, 6.45) is -0.873. The molecule has 1 aromatic carbocycles. The molecule has 1 spiro atoms. The van der Waals surface area contributed by atoms with Crippen LogP contribution >= 0.6 is 11.8 Å². The Morgan fingerprint density at radius 3 is 2.71 bits per heavy atom. The topological polar surface area (TPSA) is 63.2 Å². The number of hydrogen-bond donors (Lipinski definition) is 1. The van der Waals surface area contributed by atoms with Crippen molar-refractivity contribution in [2.45, 2.75) is 37.3 Å². The minimum Gasteiger partial charge on any atom is -0.443 e. The first-order valence-corrected chi connectivity index (χ1v) is 8.68. The first kappa shape index (κ1) is 17.1. The highest BCUT2D eigenvalue weighted by atomic mass is 32.2. The molecule has 2 heterocycles. The Labute approximate surface area is 146 Å². The van der Waals surface area contributed by atoms with E-state index in [0.29, 0.717) is 6.54 Å². The van der Waals surface area contributed by atoms with Crippen LogP contribution in [0.5, 0.6) is 0 Å². The zero-order valence-electron chi connectivity index (χ0n) is 14.6. The molecule has 0 unspecified atom stereocenters. The van der Waals surface area contributed by atoms with Crippen LogP contribution in [0.3, 0.4) is 0 Å². The summed E-state index contributed by atoms with van der Waals surface area (Å²) in [5.74, 6) is 0. The Morgan fingerprint density at radius 1 is 1.42 bits per heavy atom. The van der Waals surface area contributed by atoms with Crippen molar-refractivity contribution in [2.75, 3.05) is 25.6 Å². The van der Waals surface area contributed by atoms with Gasteiger partial charge in [0.15, 0.2) is 11.4 Å². The van der Waals surface area contributed by atoms with Gasteiger partial charge in [-0.1, -0.05) is 30.0 Å². The minimum atomic E-state index is -0.572. The summed E-state index contributed by atoms with van der Waals surface area (Å²) in [5.41, 5.74) is 1.31. The SMILES string of the molecule is CN=C1NC[C@]2(S1)c1ccccc1N(C(=O)OC(C)(C)C)[C@@H]2OC. The van der Waals surface area contributed by atoms with Crippen molar-refractivity contribution in [1.82, 2.24) is 5.32 Å². The molecule has 2 aliphatic heterocycles. The molecule has 24 heavy (non-hydrogen) atoms. The largest absolute Gasteiger partial charge is 0.443 e. The fourth-order valence-corrected chi connectivity index (χ4v) is 4.48. The molecule has 0 aliphatic carbocycles. The van der Waals surface area contributed by atoms with Crippen molar-refractivity contribution in [2.24, 2.45) is 4.99 Å². The number of para-hydroxylation sites is 1. The average Bonchev–Trinajstić information content (AvgIpc) is 3.07. The number of carbonyl (C=O) groups is 1. The summed E-state index contributed by atoms with van der Waals surface area (Å²) < 4.78 is 11.0. The normalized spacial score (nSPS) is 27.5. The molecule has 1 saturated heterocycles. The molecular weight excluding hydrogens is 326 g/mol. The maximum Gasteiger partial charge on any atom is 0.417 e. The summed E-state index contributed by atoms with van der Waals surface area (Å²) in [6.45, 7) is 6.22. The Hall–Kier alpha value is -1.73. The van der Waals surface area contributed by atoms with Gasteiger partial charge in [-0.25, -0.2) is 9.69 Å². The second-order valence-corrected chi connectivity index (χ2v) is 8.15. The molecule has 6 nitrogen and oxygen atoms in total. The highest BCUT2D eigenvalue weighted by Gasteiger charge is 2.58. The third-order valence-corrected chi connectivity index (χ3v) is 5.50. The van der Waals surface area contributed by atoms with E-state index in [0.717, 1.165) is 16.4 Å². The van der Waals surface area contributed by atoms with E-state index in [4.69, 9.17) is 9.47 Å². The fourth-order valence-electron chi connectivity index (χ4n) is 3.17. The van der Waals surface area contributed by atoms with Crippen LogP contribution in [-0.4, -0.2) is 43.8 Å². The van der Waals surface area contributed by atoms with Gasteiger partial charge in [0.05, 0.1) is 5.69 Å². The van der Waals surface area contributed by atoms with E-state index >= 15 is 0 Å². The second kappa shape index (κ2) is 5.97. The summed E-state index contributed by atoms with van der Waals surface area (Å²) in [6, 6.07) is 7.87. The third-order valence-electron chi connectivity index (χ3n) is 4.05. The van der Waals surface area contributed by atoms with Crippen LogP contribution in [0.1, 0.15) is 26.3 Å². The smallest absolute Gasteiger partial charge is 0.417 e. The van der Waals surface area contributed by atoms with Crippen LogP contribution in [0.15, 0.2) is 29.3 Å². The Balaban J connectivity index is 2.07. The van der Waals surface area contributed by atoms with E-state index in [2.05, 4.69) is 10.3 Å². The van der Waals surface area contributed by atoms with Gasteiger partial charge in [-0.3, -0.25) is 4.99 Å². The number of aliphatic imine (C=N–C) groups is 1. The number of fused-ring (bicyclic) bond motifs is 2. The van der Waals surface area contributed by atoms with Gasteiger partial charge in [-0.15, -0.1) is 0 Å². The number of thioether (sulfide) groups is 1. The summed E-state index contributed by atoms with van der Waals surface area (Å²) in [4.78, 5) is 18.7. The maximum absolute atomic E-state index is 12.8. The Kier molecular flexibility index (Phi) is 4.25. The molecular formula is C17H23N3O3S. The van der Waals surface area contributed by atoms with Gasteiger partial charge in [0, 0.05) is 20.7 Å². The van der Waals surface area contributed by atoms with E-state index < -0.39 is 22.7 Å². The van der Waals surface area contributed by atoms with Gasteiger partial charge in [-0.05, 0) is 32.4 Å². The lowest BCUT2D eigenvalue weighted by molar-refractivity contribution is 0.0334. The number of nitrogens with zero attached hydrogens (tertiary/aromatic N) is 2. The van der Waals surface area contributed by atoms with Crippen LogP contribution in [-0.2, 0) is 14.2 Å². The number of rotatable bonds is 1. The van der Waals surface area contributed by atoms with Crippen LogP contribution in [0.4, 0.5) is 10.5 Å². The number of hydrogen-bond acceptors (Lipinski definition) is 5. The van der Waals surface area contributed by atoms with E-state index in [9.17, 15) is 4.79 Å². The average molecular weight is 349 g/mol. The number of ether oxygens (including phenoxy) is 2. The second-order valence-electron chi connectivity index (χ2n) is 6.83. The summed E-state index contributed by atoms with van der Waals surface area (Å²) >= 11 is 1.60. The van der Waals surface area contributed by atoms with E-state index in [1.807, 2.05) is 45.0 Å². The lowest BCUT2D eigenvalue weighted by Gasteiger charge is -2.33. The molecule has 1 N–H and O–H groups in total. The van der Waals surface area contributed by atoms with E-state index in [-0.39, 0.29) is 0 Å². The predicted octanol–water partition coefficient (Wildman–Crippen LogP) is 2.93. The molecule has 0 aromatic heterocycles. The number of amides is 1. The lowest BCUT2D eigenvalue weighted by atomic mass is 9.99. The highest BCUT2D eigenvalue weighted by molar-refractivity contribution is 8.15. The van der Waals surface area contributed by atoms with Crippen LogP contribution in [0.25, 0.3) is 0 Å². The molecule has 0 saturated carbocycles. The van der Waals surface area contributed by atoms with Gasteiger partial charge in [0.25, 0.3) is 0 Å². The Morgan fingerprint density at radius 2 is 2.12 bits per heavy atom. The van der Waals surface area contributed by atoms with Crippen LogP contribution in [0, 0.1) is 0 Å². The summed E-state index contributed by atoms with van der Waals surface area (Å²) in [7, 11) is 3.37. The van der Waals surface area contributed by atoms with Crippen molar-refractivity contribution in [3.8, 4) is 0 Å². The van der Waals surface area contributed by atoms with Crippen LogP contribution in [0.2, 0.25) is 0 Å². The molecule has 130 valence electrons. The number of amidine groups is 1. The van der Waals surface area contributed by atoms with Crippen LogP contribution < -0.4 is 10.2 Å². The van der Waals surface area contributed by atoms with Crippen molar-refractivity contribution < 1.29 is 14.3 Å². The zero-order valence-corrected chi connectivity index (χ0v) is 15.4. The van der Waals surface area contributed by atoms with Gasteiger partial charge >= 0.3 is 6.09 Å². The monoisotopic (exact) mass is 349 g/mol. The number of methoxy groups -OCH3 is 1. The number of carbonyl (C=O) groups excluding carboxylic acids is 1. The molecule has 1 aromatic rings. The molecule has 3 rings (SSSR count). The van der Waals surface area contributed by atoms with Gasteiger partial charge in [0.1, 0.15) is 10.3 Å². The number of anilines is 1. The standard InChI is InChI=1S/C17H23N3O3S/c1-16(2,3)23-15(21)20-12-9-7-6-8-11(12)17(13(20)22-5)10-19-14(18-4)24-17/h6-9,13H,10H2,1-5H3,(H,18,19)/t13-,17+/m1/s1. The lowest BCUT2D eigenvalue weighted by Crippen LogP contribution is -2.49. The van der Waals surface area contributed by atoms with E-state index in [1.54, 1.807) is 30.8 Å². The zero-order chi connectivity index (χ0) is 17.5. The first-order chi connectivity index (χ1) is 11.3. The Bertz CT molecular complexity index is 686. The molecule has 2 atom stereocenters. The minimum absolute atomic E-state index is 0.402. The number of nitrogens with one attached hydrogen (secondary N) is 1. The third kappa shape index (κ3) is 2.65. The van der Waals surface area contributed by atoms with Crippen molar-refractivity contribution in [1.29, 1.82) is 0 Å². The first-order valence-electron chi connectivity index (χ1n) is 7.86. The van der Waals surface area contributed by atoms with Crippen molar-refractivity contribution in [3.05, 3.63) is 29.8 Å². The molecule has 7 heteroatoms. The quantitative estimate of drug-likeness (QED) is 0.844. The van der Waals surface area contributed by atoms with Crippen molar-refractivity contribution >= 4 is 28.7 Å². The fraction of sp³-hybridized carbons (Fsp3) is 0.529. The van der Waals surface area contributed by atoms with Crippen molar-refractivity contribution in [3.63, 3.8) is 0 Å². The van der Waals surface area contributed by atoms with E-state index in [1.165, 1.54) is 0 Å². The number of benzene rings is 1. The van der Waals surface area contributed by atoms with Gasteiger partial charge in [0.2, 0.25) is 0 Å². The maximum atomic E-state index is 12.8. The molecule has 1 amide bonds. The van der Waals surface area contributed by atoms with Gasteiger partial charge < -0.3 is 14.8 Å². The molecule has 1 fully saturated rings. The molecule has 0 radical (unpaired) electrons. The molecule has 2 aliphatic rings. The van der Waals surface area contributed by atoms with Gasteiger partial charge in [-0.2, -0.15) is 0 Å².